The van der Waals surface area contributed by atoms with Gasteiger partial charge in [-0.2, -0.15) is 10.2 Å². The normalized spacial score (nSPS) is 12.1. The van der Waals surface area contributed by atoms with E-state index in [2.05, 4.69) is 20.7 Å². The summed E-state index contributed by atoms with van der Waals surface area (Å²) < 4.78 is 4.92. The van der Waals surface area contributed by atoms with E-state index < -0.39 is 22.4 Å². The van der Waals surface area contributed by atoms with Crippen LogP contribution in [0.3, 0.4) is 0 Å². The van der Waals surface area contributed by atoms with Crippen molar-refractivity contribution in [3.8, 4) is 11.5 Å². The second-order valence-electron chi connectivity index (χ2n) is 4.74. The molecule has 4 N–H and O–H groups in total. The summed E-state index contributed by atoms with van der Waals surface area (Å²) in [6.07, 6.45) is 1.35. The quantitative estimate of drug-likeness (QED) is 0.315. The zero-order valence-corrected chi connectivity index (χ0v) is 14.1. The van der Waals surface area contributed by atoms with Crippen molar-refractivity contribution in [1.82, 2.24) is 20.6 Å². The van der Waals surface area contributed by atoms with Crippen LogP contribution in [0.4, 0.5) is 0 Å². The number of phenols is 1. The lowest BCUT2D eigenvalue weighted by Crippen LogP contribution is -2.30. The Morgan fingerprint density at radius 2 is 2.24 bits per heavy atom. The number of hydrogen-bond donors (Lipinski definition) is 4. The molecule has 1 amide bonds. The van der Waals surface area contributed by atoms with Crippen LogP contribution in [0, 0.1) is 0 Å². The van der Waals surface area contributed by atoms with Crippen LogP contribution in [0.25, 0.3) is 0 Å². The fourth-order valence-corrected chi connectivity index (χ4v) is 2.44. The van der Waals surface area contributed by atoms with Gasteiger partial charge in [-0.25, -0.2) is 15.3 Å². The zero-order valence-electron chi connectivity index (χ0n) is 13.3. The van der Waals surface area contributed by atoms with Gasteiger partial charge >= 0.3 is 5.69 Å². The topological polar surface area (TPSA) is 150 Å². The van der Waals surface area contributed by atoms with Crippen LogP contribution in [0.5, 0.6) is 11.5 Å². The fourth-order valence-electron chi connectivity index (χ4n) is 1.69. The minimum absolute atomic E-state index is 0.0358. The number of benzene rings is 1. The number of nitrogens with zero attached hydrogens (tertiary/aromatic N) is 2. The molecule has 10 nitrogen and oxygen atoms in total. The SMILES string of the molecule is COc1ccc(/C=N/NC(=O)C(C)Sc2n[nH]c(=O)[nH]c2=O)cc1O. The molecule has 0 radical (unpaired) electrons. The average molecular weight is 365 g/mol. The Morgan fingerprint density at radius 1 is 1.48 bits per heavy atom. The number of hydrogen-bond acceptors (Lipinski definition) is 8. The van der Waals surface area contributed by atoms with Gasteiger partial charge < -0.3 is 9.84 Å². The van der Waals surface area contributed by atoms with Crippen molar-refractivity contribution >= 4 is 23.9 Å². The maximum absolute atomic E-state index is 12.0. The number of methoxy groups -OCH3 is 1. The summed E-state index contributed by atoms with van der Waals surface area (Å²) in [5, 5.41) is 18.4. The molecule has 2 rings (SSSR count). The summed E-state index contributed by atoms with van der Waals surface area (Å²) in [6, 6.07) is 4.64. The molecule has 1 unspecified atom stereocenters. The number of aromatic hydroxyl groups is 1. The first kappa shape index (κ1) is 18.3. The van der Waals surface area contributed by atoms with Gasteiger partial charge in [-0.1, -0.05) is 11.8 Å². The number of carbonyl (C=O) groups excluding carboxylic acids is 1. The monoisotopic (exact) mass is 365 g/mol. The largest absolute Gasteiger partial charge is 0.504 e. The highest BCUT2D eigenvalue weighted by Crippen LogP contribution is 2.25. The molecule has 0 aliphatic rings. The predicted molar refractivity (Wildman–Crippen MR) is 91.2 cm³/mol. The Balaban J connectivity index is 1.95. The maximum Gasteiger partial charge on any atom is 0.342 e. The van der Waals surface area contributed by atoms with Crippen LogP contribution in [0.15, 0.2) is 37.9 Å². The van der Waals surface area contributed by atoms with Gasteiger partial charge in [0.1, 0.15) is 0 Å². The number of rotatable bonds is 6. The van der Waals surface area contributed by atoms with Gasteiger partial charge in [0, 0.05) is 0 Å². The molecule has 0 aliphatic heterocycles. The Morgan fingerprint density at radius 3 is 2.88 bits per heavy atom. The molecule has 11 heteroatoms. The molecule has 1 aromatic heterocycles. The number of phenolic OH excluding ortho intramolecular Hbond substituents is 1. The number of nitrogens with one attached hydrogen (secondary N) is 3. The summed E-state index contributed by atoms with van der Waals surface area (Å²) in [5.74, 6) is -0.193. The standard InChI is InChI=1S/C14H15N5O5S/c1-7(25-13-12(22)16-14(23)19-18-13)11(21)17-15-6-8-3-4-10(24-2)9(20)5-8/h3-7,20H,1-2H3,(H,17,21)(H2,16,19,22,23)/b15-6+. The summed E-state index contributed by atoms with van der Waals surface area (Å²) >= 11 is 0.873. The number of aromatic amines is 2. The lowest BCUT2D eigenvalue weighted by atomic mass is 10.2. The molecular formula is C14H15N5O5S. The smallest absolute Gasteiger partial charge is 0.342 e. The van der Waals surface area contributed by atoms with Crippen LogP contribution in [0.1, 0.15) is 12.5 Å². The van der Waals surface area contributed by atoms with Crippen molar-refractivity contribution in [3.05, 3.63) is 44.6 Å². The highest BCUT2D eigenvalue weighted by Gasteiger charge is 2.17. The summed E-state index contributed by atoms with van der Waals surface area (Å²) in [6.45, 7) is 1.56. The fraction of sp³-hybridized carbons (Fsp3) is 0.214. The van der Waals surface area contributed by atoms with E-state index in [-0.39, 0.29) is 10.8 Å². The lowest BCUT2D eigenvalue weighted by molar-refractivity contribution is -0.120. The van der Waals surface area contributed by atoms with Crippen LogP contribution in [0.2, 0.25) is 0 Å². The highest BCUT2D eigenvalue weighted by atomic mass is 32.2. The molecule has 132 valence electrons. The lowest BCUT2D eigenvalue weighted by Gasteiger charge is -2.07. The van der Waals surface area contributed by atoms with Gasteiger partial charge in [-0.05, 0) is 30.7 Å². The van der Waals surface area contributed by atoms with E-state index in [1.807, 2.05) is 4.98 Å². The summed E-state index contributed by atoms with van der Waals surface area (Å²) in [4.78, 5) is 36.4. The van der Waals surface area contributed by atoms with E-state index in [1.165, 1.54) is 19.4 Å². The molecule has 1 aromatic carbocycles. The highest BCUT2D eigenvalue weighted by molar-refractivity contribution is 8.00. The second kappa shape index (κ2) is 8.15. The van der Waals surface area contributed by atoms with E-state index in [4.69, 9.17) is 4.74 Å². The summed E-state index contributed by atoms with van der Waals surface area (Å²) in [7, 11) is 1.43. The number of hydrazone groups is 1. The molecule has 0 saturated heterocycles. The van der Waals surface area contributed by atoms with Crippen LogP contribution >= 0.6 is 11.8 Å². The second-order valence-corrected chi connectivity index (χ2v) is 6.07. The molecule has 0 fully saturated rings. The molecule has 0 saturated carbocycles. The number of H-pyrrole nitrogens is 2. The van der Waals surface area contributed by atoms with Gasteiger partial charge in [0.2, 0.25) is 0 Å². The van der Waals surface area contributed by atoms with Crippen molar-refractivity contribution < 1.29 is 14.6 Å². The van der Waals surface area contributed by atoms with E-state index in [0.29, 0.717) is 11.3 Å². The van der Waals surface area contributed by atoms with Gasteiger partial charge in [-0.3, -0.25) is 14.6 Å². The first-order valence-corrected chi connectivity index (χ1v) is 7.84. The summed E-state index contributed by atoms with van der Waals surface area (Å²) in [5.41, 5.74) is 1.47. The Kier molecular flexibility index (Phi) is 5.95. The third-order valence-corrected chi connectivity index (χ3v) is 4.00. The minimum atomic E-state index is -0.723. The predicted octanol–water partition coefficient (Wildman–Crippen LogP) is -0.197. The third kappa shape index (κ3) is 4.94. The van der Waals surface area contributed by atoms with Gasteiger partial charge in [0.05, 0.1) is 18.6 Å². The van der Waals surface area contributed by atoms with Crippen LogP contribution in [-0.4, -0.2) is 44.8 Å². The van der Waals surface area contributed by atoms with Gasteiger partial charge in [-0.15, -0.1) is 0 Å². The molecule has 0 bridgehead atoms. The number of carbonyl (C=O) groups is 1. The molecule has 2 aromatic rings. The number of thioether (sulfide) groups is 1. The van der Waals surface area contributed by atoms with Crippen molar-refractivity contribution in [3.63, 3.8) is 0 Å². The minimum Gasteiger partial charge on any atom is -0.504 e. The first-order valence-electron chi connectivity index (χ1n) is 6.96. The van der Waals surface area contributed by atoms with E-state index in [9.17, 15) is 19.5 Å². The molecule has 0 aliphatic carbocycles. The number of ether oxygens (including phenoxy) is 1. The first-order chi connectivity index (χ1) is 11.9. The van der Waals surface area contributed by atoms with E-state index in [1.54, 1.807) is 19.1 Å². The molecule has 1 atom stereocenters. The molecular weight excluding hydrogens is 350 g/mol. The van der Waals surface area contributed by atoms with Gasteiger partial charge in [0.25, 0.3) is 11.5 Å². The van der Waals surface area contributed by atoms with E-state index in [0.717, 1.165) is 11.8 Å². The van der Waals surface area contributed by atoms with Crippen LogP contribution in [-0.2, 0) is 4.79 Å². The molecule has 0 spiro atoms. The average Bonchev–Trinajstić information content (AvgIpc) is 2.57. The maximum atomic E-state index is 12.0. The van der Waals surface area contributed by atoms with Gasteiger partial charge in [0.15, 0.2) is 16.5 Å². The number of amides is 1. The number of aromatic nitrogens is 3. The zero-order chi connectivity index (χ0) is 18.4. The Hall–Kier alpha value is -3.08. The van der Waals surface area contributed by atoms with Crippen molar-refractivity contribution in [2.75, 3.05) is 7.11 Å². The Bertz CT molecular complexity index is 907. The third-order valence-electron chi connectivity index (χ3n) is 2.93. The molecule has 1 heterocycles. The molecule has 25 heavy (non-hydrogen) atoms. The van der Waals surface area contributed by atoms with Crippen molar-refractivity contribution in [2.24, 2.45) is 5.10 Å². The Labute approximate surface area is 145 Å². The van der Waals surface area contributed by atoms with Crippen molar-refractivity contribution in [2.45, 2.75) is 17.2 Å². The van der Waals surface area contributed by atoms with E-state index >= 15 is 0 Å². The van der Waals surface area contributed by atoms with Crippen LogP contribution < -0.4 is 21.4 Å². The van der Waals surface area contributed by atoms with Crippen molar-refractivity contribution in [1.29, 1.82) is 0 Å².